The lowest BCUT2D eigenvalue weighted by atomic mass is 9.95. The molecule has 0 fully saturated rings. The van der Waals surface area contributed by atoms with Crippen LogP contribution in [0.1, 0.15) is 30.9 Å². The molecule has 4 rings (SSSR count). The molecule has 0 radical (unpaired) electrons. The fourth-order valence-corrected chi connectivity index (χ4v) is 3.70. The molecule has 2 aliphatic rings. The summed E-state index contributed by atoms with van der Waals surface area (Å²) >= 11 is 0. The van der Waals surface area contributed by atoms with Crippen molar-refractivity contribution in [3.8, 4) is 0 Å². The zero-order valence-corrected chi connectivity index (χ0v) is 13.3. The van der Waals surface area contributed by atoms with Gasteiger partial charge in [-0.25, -0.2) is 0 Å². The first-order valence-electron chi connectivity index (χ1n) is 8.23. The van der Waals surface area contributed by atoms with Gasteiger partial charge in [-0.05, 0) is 69.0 Å². The number of aliphatic hydroxyl groups is 1. The monoisotopic (exact) mass is 300 g/mol. The minimum Gasteiger partial charge on any atom is -0.396 e. The Kier molecular flexibility index (Phi) is 3.51. The molecule has 23 heavy (non-hydrogen) atoms. The van der Waals surface area contributed by atoms with Gasteiger partial charge < -0.3 is 5.11 Å². The van der Waals surface area contributed by atoms with Crippen LogP contribution in [-0.2, 0) is 0 Å². The summed E-state index contributed by atoms with van der Waals surface area (Å²) in [6.07, 6.45) is 10.7. The molecule has 2 aliphatic carbocycles. The highest BCUT2D eigenvalue weighted by atomic mass is 16.2. The van der Waals surface area contributed by atoms with Gasteiger partial charge in [-0.3, -0.25) is 0 Å². The van der Waals surface area contributed by atoms with Crippen LogP contribution in [0.5, 0.6) is 0 Å². The summed E-state index contributed by atoms with van der Waals surface area (Å²) in [5.41, 5.74) is 5.30. The van der Waals surface area contributed by atoms with Gasteiger partial charge >= 0.3 is 0 Å². The van der Waals surface area contributed by atoms with Gasteiger partial charge in [0, 0.05) is 6.61 Å². The summed E-state index contributed by atoms with van der Waals surface area (Å²) < 4.78 is 0. The van der Waals surface area contributed by atoms with Gasteiger partial charge in [0.15, 0.2) is 0 Å². The second-order valence-corrected chi connectivity index (χ2v) is 6.14. The molecule has 0 saturated carbocycles. The van der Waals surface area contributed by atoms with Gasteiger partial charge in [0.05, 0.1) is 0 Å². The predicted octanol–water partition coefficient (Wildman–Crippen LogP) is 3.01. The van der Waals surface area contributed by atoms with E-state index in [1.165, 1.54) is 43.1 Å². The van der Waals surface area contributed by atoms with Gasteiger partial charge in [0.1, 0.15) is 0 Å². The molecular formula is C22H20O. The highest BCUT2D eigenvalue weighted by molar-refractivity contribution is 5.80. The minimum absolute atomic E-state index is 0.215. The largest absolute Gasteiger partial charge is 0.396 e. The Morgan fingerprint density at radius 1 is 1.04 bits per heavy atom. The van der Waals surface area contributed by atoms with Crippen molar-refractivity contribution in [2.24, 2.45) is 0 Å². The molecule has 1 nitrogen and oxygen atoms in total. The van der Waals surface area contributed by atoms with Gasteiger partial charge in [-0.15, -0.1) is 0 Å². The van der Waals surface area contributed by atoms with Crippen LogP contribution in [0, 0.1) is 10.4 Å². The molecule has 0 unspecified atom stereocenters. The fraction of sp³-hybridized carbons (Fsp3) is 0.182. The zero-order valence-electron chi connectivity index (χ0n) is 13.3. The molecule has 2 aromatic rings. The standard InChI is InChI=1S/C22H20O/c1-2-16-9-10-20-19-6-4-3-5-17(19)14-21(20)22(16)18-8-7-15(13-18)11-12-23/h2-7,9-10,13-14,23H,8,11-12H2,1H3. The van der Waals surface area contributed by atoms with E-state index in [0.717, 1.165) is 12.8 Å². The molecule has 0 atom stereocenters. The third kappa shape index (κ3) is 2.29. The molecule has 0 heterocycles. The molecule has 0 bridgehead atoms. The Labute approximate surface area is 135 Å². The Bertz CT molecular complexity index is 1050. The summed E-state index contributed by atoms with van der Waals surface area (Å²) in [5.74, 6) is 0. The Hall–Kier alpha value is -2.38. The van der Waals surface area contributed by atoms with Crippen molar-refractivity contribution in [2.75, 3.05) is 6.61 Å². The lowest BCUT2D eigenvalue weighted by Gasteiger charge is -2.09. The van der Waals surface area contributed by atoms with Crippen LogP contribution in [-0.4, -0.2) is 11.7 Å². The van der Waals surface area contributed by atoms with Crippen LogP contribution in [0.3, 0.4) is 0 Å². The Morgan fingerprint density at radius 3 is 2.74 bits per heavy atom. The molecule has 1 heteroatoms. The van der Waals surface area contributed by atoms with E-state index in [-0.39, 0.29) is 6.61 Å². The van der Waals surface area contributed by atoms with Crippen molar-refractivity contribution >= 4 is 17.7 Å². The second kappa shape index (κ2) is 5.68. The maximum absolute atomic E-state index is 9.18. The second-order valence-electron chi connectivity index (χ2n) is 6.14. The van der Waals surface area contributed by atoms with E-state index in [1.54, 1.807) is 0 Å². The Balaban J connectivity index is 1.99. The van der Waals surface area contributed by atoms with Gasteiger partial charge in [-0.1, -0.05) is 54.6 Å². The van der Waals surface area contributed by atoms with Crippen LogP contribution in [0.4, 0.5) is 0 Å². The quantitative estimate of drug-likeness (QED) is 0.788. The number of benzene rings is 2. The highest BCUT2D eigenvalue weighted by Gasteiger charge is 2.15. The predicted molar refractivity (Wildman–Crippen MR) is 95.9 cm³/mol. The van der Waals surface area contributed by atoms with Crippen LogP contribution >= 0.6 is 0 Å². The number of rotatable bonds is 3. The van der Waals surface area contributed by atoms with Gasteiger partial charge in [-0.2, -0.15) is 0 Å². The number of fused-ring (bicyclic) bond motifs is 2. The van der Waals surface area contributed by atoms with Crippen LogP contribution in [0.25, 0.3) is 17.7 Å². The van der Waals surface area contributed by atoms with Crippen LogP contribution in [0.15, 0.2) is 54.1 Å². The summed E-state index contributed by atoms with van der Waals surface area (Å²) in [6.45, 7) is 2.32. The van der Waals surface area contributed by atoms with Crippen molar-refractivity contribution < 1.29 is 5.11 Å². The molecule has 0 aliphatic heterocycles. The zero-order chi connectivity index (χ0) is 15.8. The van der Waals surface area contributed by atoms with E-state index in [4.69, 9.17) is 0 Å². The van der Waals surface area contributed by atoms with Crippen LogP contribution in [0.2, 0.25) is 0 Å². The number of allylic oxidation sites excluding steroid dienone is 3. The number of hydrogen-bond donors (Lipinski definition) is 1. The van der Waals surface area contributed by atoms with Crippen molar-refractivity contribution in [1.29, 1.82) is 0 Å². The smallest absolute Gasteiger partial charge is 0.0471 e. The number of hydrogen-bond acceptors (Lipinski definition) is 1. The lowest BCUT2D eigenvalue weighted by Crippen LogP contribution is -2.10. The fourth-order valence-electron chi connectivity index (χ4n) is 3.70. The summed E-state index contributed by atoms with van der Waals surface area (Å²) in [7, 11) is 0. The topological polar surface area (TPSA) is 20.2 Å². The van der Waals surface area contributed by atoms with Crippen molar-refractivity contribution in [3.63, 3.8) is 0 Å². The molecule has 0 spiro atoms. The molecule has 0 saturated heterocycles. The third-order valence-electron chi connectivity index (χ3n) is 4.80. The highest BCUT2D eigenvalue weighted by Crippen LogP contribution is 2.30. The normalized spacial score (nSPS) is 15.8. The van der Waals surface area contributed by atoms with E-state index in [2.05, 4.69) is 67.6 Å². The van der Waals surface area contributed by atoms with E-state index in [9.17, 15) is 5.11 Å². The maximum atomic E-state index is 9.18. The summed E-state index contributed by atoms with van der Waals surface area (Å²) in [6, 6.07) is 13.1. The summed E-state index contributed by atoms with van der Waals surface area (Å²) in [4.78, 5) is 0. The van der Waals surface area contributed by atoms with Gasteiger partial charge in [0.2, 0.25) is 0 Å². The molecular weight excluding hydrogens is 280 g/mol. The van der Waals surface area contributed by atoms with Crippen LogP contribution < -0.4 is 10.4 Å². The maximum Gasteiger partial charge on any atom is 0.0471 e. The Morgan fingerprint density at radius 2 is 1.91 bits per heavy atom. The van der Waals surface area contributed by atoms with Gasteiger partial charge in [0.25, 0.3) is 0 Å². The molecule has 2 aromatic carbocycles. The average molecular weight is 300 g/mol. The third-order valence-corrected chi connectivity index (χ3v) is 4.80. The first-order chi connectivity index (χ1) is 11.3. The molecule has 1 N–H and O–H groups in total. The molecule has 0 amide bonds. The molecule has 0 aromatic heterocycles. The van der Waals surface area contributed by atoms with Crippen molar-refractivity contribution in [2.45, 2.75) is 19.8 Å². The average Bonchev–Trinajstić information content (AvgIpc) is 3.18. The lowest BCUT2D eigenvalue weighted by molar-refractivity contribution is 0.300. The SMILES string of the molecule is CC=c1ccc2c(c1C1=CC(CCO)=CC1)C=c1ccccc1=2. The molecule has 114 valence electrons. The first-order valence-corrected chi connectivity index (χ1v) is 8.23. The van der Waals surface area contributed by atoms with E-state index < -0.39 is 0 Å². The minimum atomic E-state index is 0.215. The van der Waals surface area contributed by atoms with E-state index in [1.807, 2.05) is 0 Å². The first kappa shape index (κ1) is 14.2. The van der Waals surface area contributed by atoms with E-state index >= 15 is 0 Å². The van der Waals surface area contributed by atoms with Crippen molar-refractivity contribution in [1.82, 2.24) is 0 Å². The van der Waals surface area contributed by atoms with Crippen molar-refractivity contribution in [3.05, 3.63) is 86.1 Å². The number of aliphatic hydroxyl groups excluding tert-OH is 1. The van der Waals surface area contributed by atoms with E-state index in [0.29, 0.717) is 0 Å². The summed E-state index contributed by atoms with van der Waals surface area (Å²) in [5, 5.41) is 14.4.